The van der Waals surface area contributed by atoms with Gasteiger partial charge < -0.3 is 10.1 Å². The summed E-state index contributed by atoms with van der Waals surface area (Å²) in [6.07, 6.45) is 2.69. The monoisotopic (exact) mass is 419 g/mol. The van der Waals surface area contributed by atoms with Crippen LogP contribution in [-0.4, -0.2) is 71.9 Å². The van der Waals surface area contributed by atoms with Crippen molar-refractivity contribution in [2.75, 3.05) is 45.9 Å². The van der Waals surface area contributed by atoms with E-state index in [1.807, 2.05) is 37.3 Å². The number of morpholine rings is 1. The van der Waals surface area contributed by atoms with Crippen LogP contribution in [-0.2, 0) is 14.3 Å². The fourth-order valence-corrected chi connectivity index (χ4v) is 4.26. The molecule has 1 aromatic carbocycles. The predicted molar refractivity (Wildman–Crippen MR) is 116 cm³/mol. The molecule has 1 aromatic rings. The lowest BCUT2D eigenvalue weighted by Gasteiger charge is -2.26. The van der Waals surface area contributed by atoms with Crippen LogP contribution < -0.4 is 5.32 Å². The molecule has 0 saturated carbocycles. The summed E-state index contributed by atoms with van der Waals surface area (Å²) in [6.45, 7) is 6.94. The number of rotatable bonds is 7. The van der Waals surface area contributed by atoms with E-state index in [1.54, 1.807) is 0 Å². The minimum atomic E-state index is -0.209. The van der Waals surface area contributed by atoms with E-state index in [0.29, 0.717) is 15.8 Å². The first kappa shape index (κ1) is 21.0. The minimum Gasteiger partial charge on any atom is -0.379 e. The van der Waals surface area contributed by atoms with E-state index in [0.717, 1.165) is 50.4 Å². The maximum absolute atomic E-state index is 12.6. The first-order valence-corrected chi connectivity index (χ1v) is 10.6. The Morgan fingerprint density at radius 3 is 2.71 bits per heavy atom. The molecule has 0 aromatic heterocycles. The molecule has 28 heavy (non-hydrogen) atoms. The lowest BCUT2D eigenvalue weighted by Crippen LogP contribution is -2.41. The SMILES string of the molecule is Cc1ccc(/C=C2/SC(=S)N(CC(=O)NCCCN3CCOCC3)C2=O)cc1. The van der Waals surface area contributed by atoms with Crippen LogP contribution in [0.2, 0.25) is 0 Å². The van der Waals surface area contributed by atoms with E-state index in [1.165, 1.54) is 16.7 Å². The van der Waals surface area contributed by atoms with E-state index in [-0.39, 0.29) is 18.4 Å². The zero-order valence-electron chi connectivity index (χ0n) is 16.0. The summed E-state index contributed by atoms with van der Waals surface area (Å²) in [5, 5.41) is 2.88. The van der Waals surface area contributed by atoms with E-state index in [9.17, 15) is 9.59 Å². The van der Waals surface area contributed by atoms with E-state index in [2.05, 4.69) is 10.2 Å². The van der Waals surface area contributed by atoms with Gasteiger partial charge in [0.1, 0.15) is 10.9 Å². The number of benzene rings is 1. The number of nitrogens with one attached hydrogen (secondary N) is 1. The fourth-order valence-electron chi connectivity index (χ4n) is 3.01. The van der Waals surface area contributed by atoms with Crippen LogP contribution in [0.3, 0.4) is 0 Å². The largest absolute Gasteiger partial charge is 0.379 e. The van der Waals surface area contributed by atoms with Crippen molar-refractivity contribution in [2.24, 2.45) is 0 Å². The zero-order chi connectivity index (χ0) is 19.9. The second kappa shape index (κ2) is 10.2. The van der Waals surface area contributed by atoms with Gasteiger partial charge in [0, 0.05) is 19.6 Å². The predicted octanol–water partition coefficient (Wildman–Crippen LogP) is 2.03. The van der Waals surface area contributed by atoms with Crippen LogP contribution in [0.25, 0.3) is 6.08 Å². The Morgan fingerprint density at radius 1 is 1.29 bits per heavy atom. The van der Waals surface area contributed by atoms with Crippen molar-refractivity contribution >= 4 is 46.2 Å². The van der Waals surface area contributed by atoms with Crippen LogP contribution in [0.5, 0.6) is 0 Å². The molecular weight excluding hydrogens is 394 g/mol. The number of hydrogen-bond donors (Lipinski definition) is 1. The van der Waals surface area contributed by atoms with Crippen LogP contribution in [0, 0.1) is 6.92 Å². The van der Waals surface area contributed by atoms with Crippen molar-refractivity contribution in [3.05, 3.63) is 40.3 Å². The fraction of sp³-hybridized carbons (Fsp3) is 0.450. The third-order valence-corrected chi connectivity index (χ3v) is 6.01. The Bertz CT molecular complexity index is 758. The summed E-state index contributed by atoms with van der Waals surface area (Å²) in [6, 6.07) is 7.92. The molecule has 2 heterocycles. The number of hydrogen-bond acceptors (Lipinski definition) is 6. The van der Waals surface area contributed by atoms with Crippen molar-refractivity contribution in [3.8, 4) is 0 Å². The minimum absolute atomic E-state index is 0.0343. The Hall–Kier alpha value is -1.74. The topological polar surface area (TPSA) is 61.9 Å². The van der Waals surface area contributed by atoms with Gasteiger partial charge in [-0.3, -0.25) is 19.4 Å². The number of nitrogens with zero attached hydrogens (tertiary/aromatic N) is 2. The van der Waals surface area contributed by atoms with Crippen LogP contribution in [0.15, 0.2) is 29.2 Å². The molecule has 8 heteroatoms. The molecule has 2 aliphatic heterocycles. The standard InChI is InChI=1S/C20H25N3O3S2/c1-15-3-5-16(6-4-15)13-17-19(25)23(20(27)28-17)14-18(24)21-7-2-8-22-9-11-26-12-10-22/h3-6,13H,2,7-12,14H2,1H3,(H,21,24)/b17-13+. The number of amides is 2. The smallest absolute Gasteiger partial charge is 0.266 e. The lowest BCUT2D eigenvalue weighted by atomic mass is 10.1. The molecule has 0 spiro atoms. The van der Waals surface area contributed by atoms with Crippen molar-refractivity contribution < 1.29 is 14.3 Å². The molecule has 0 aliphatic carbocycles. The van der Waals surface area contributed by atoms with Gasteiger partial charge in [0.25, 0.3) is 5.91 Å². The molecule has 6 nitrogen and oxygen atoms in total. The van der Waals surface area contributed by atoms with Gasteiger partial charge in [-0.1, -0.05) is 53.8 Å². The third-order valence-electron chi connectivity index (χ3n) is 4.63. The first-order chi connectivity index (χ1) is 13.5. The van der Waals surface area contributed by atoms with Gasteiger partial charge in [0.2, 0.25) is 5.91 Å². The average Bonchev–Trinajstić information content (AvgIpc) is 2.95. The summed E-state index contributed by atoms with van der Waals surface area (Å²) in [4.78, 5) is 29.1. The Kier molecular flexibility index (Phi) is 7.61. The molecule has 1 N–H and O–H groups in total. The molecular formula is C20H25N3O3S2. The second-order valence-electron chi connectivity index (χ2n) is 6.84. The molecule has 2 aliphatic rings. The van der Waals surface area contributed by atoms with Gasteiger partial charge in [0.05, 0.1) is 18.1 Å². The molecule has 2 amide bonds. The Morgan fingerprint density at radius 2 is 2.00 bits per heavy atom. The van der Waals surface area contributed by atoms with E-state index < -0.39 is 0 Å². The Labute approximate surface area is 175 Å². The first-order valence-electron chi connectivity index (χ1n) is 9.42. The van der Waals surface area contributed by atoms with Crippen molar-refractivity contribution in [2.45, 2.75) is 13.3 Å². The summed E-state index contributed by atoms with van der Waals surface area (Å²) in [5.74, 6) is -0.395. The number of thioether (sulfide) groups is 1. The molecule has 0 unspecified atom stereocenters. The average molecular weight is 420 g/mol. The molecule has 0 atom stereocenters. The summed E-state index contributed by atoms with van der Waals surface area (Å²) in [5.41, 5.74) is 2.11. The Balaban J connectivity index is 1.45. The van der Waals surface area contributed by atoms with Gasteiger partial charge in [0.15, 0.2) is 0 Å². The highest BCUT2D eigenvalue weighted by Gasteiger charge is 2.33. The van der Waals surface area contributed by atoms with Crippen molar-refractivity contribution in [1.82, 2.24) is 15.1 Å². The van der Waals surface area contributed by atoms with Gasteiger partial charge in [-0.05, 0) is 31.5 Å². The zero-order valence-corrected chi connectivity index (χ0v) is 17.6. The van der Waals surface area contributed by atoms with Crippen LogP contribution in [0.1, 0.15) is 17.5 Å². The lowest BCUT2D eigenvalue weighted by molar-refractivity contribution is -0.128. The number of aryl methyl sites for hydroxylation is 1. The normalized spacial score (nSPS) is 19.5. The highest BCUT2D eigenvalue weighted by molar-refractivity contribution is 8.26. The number of ether oxygens (including phenoxy) is 1. The molecule has 0 bridgehead atoms. The summed E-state index contributed by atoms with van der Waals surface area (Å²) >= 11 is 6.54. The van der Waals surface area contributed by atoms with Gasteiger partial charge in [-0.2, -0.15) is 0 Å². The van der Waals surface area contributed by atoms with E-state index >= 15 is 0 Å². The van der Waals surface area contributed by atoms with Gasteiger partial charge in [-0.15, -0.1) is 0 Å². The van der Waals surface area contributed by atoms with E-state index in [4.69, 9.17) is 17.0 Å². The highest BCUT2D eigenvalue weighted by atomic mass is 32.2. The maximum Gasteiger partial charge on any atom is 0.266 e. The van der Waals surface area contributed by atoms with Crippen molar-refractivity contribution in [3.63, 3.8) is 0 Å². The summed E-state index contributed by atoms with van der Waals surface area (Å²) < 4.78 is 5.75. The van der Waals surface area contributed by atoms with Gasteiger partial charge >= 0.3 is 0 Å². The number of thiocarbonyl (C=S) groups is 1. The van der Waals surface area contributed by atoms with Crippen molar-refractivity contribution in [1.29, 1.82) is 0 Å². The third kappa shape index (κ3) is 5.88. The maximum atomic E-state index is 12.6. The summed E-state index contributed by atoms with van der Waals surface area (Å²) in [7, 11) is 0. The molecule has 3 rings (SSSR count). The number of carbonyl (C=O) groups excluding carboxylic acids is 2. The van der Waals surface area contributed by atoms with Gasteiger partial charge in [-0.25, -0.2) is 0 Å². The second-order valence-corrected chi connectivity index (χ2v) is 8.51. The van der Waals surface area contributed by atoms with Crippen LogP contribution >= 0.6 is 24.0 Å². The quantitative estimate of drug-likeness (QED) is 0.415. The molecule has 150 valence electrons. The highest BCUT2D eigenvalue weighted by Crippen LogP contribution is 2.32. The molecule has 0 radical (unpaired) electrons. The molecule has 2 saturated heterocycles. The van der Waals surface area contributed by atoms with Crippen LogP contribution in [0.4, 0.5) is 0 Å². The molecule has 2 fully saturated rings. The number of carbonyl (C=O) groups is 2.